The first-order valence-electron chi connectivity index (χ1n) is 5.86. The van der Waals surface area contributed by atoms with Crippen LogP contribution < -0.4 is 5.32 Å². The third kappa shape index (κ3) is 2.46. The second-order valence-corrected chi connectivity index (χ2v) is 5.62. The highest BCUT2D eigenvalue weighted by Crippen LogP contribution is 2.35. The van der Waals surface area contributed by atoms with Crippen LogP contribution in [0.15, 0.2) is 33.5 Å². The number of oxazole rings is 1. The van der Waals surface area contributed by atoms with Crippen molar-refractivity contribution in [3.8, 4) is 11.3 Å². The molecule has 0 radical (unpaired) electrons. The van der Waals surface area contributed by atoms with E-state index in [1.807, 2.05) is 18.2 Å². The van der Waals surface area contributed by atoms with Gasteiger partial charge < -0.3 is 9.73 Å². The Morgan fingerprint density at radius 1 is 1.44 bits per heavy atom. The average Bonchev–Trinajstić information content (AvgIpc) is 3.08. The highest BCUT2D eigenvalue weighted by atomic mass is 79.9. The van der Waals surface area contributed by atoms with Crippen LogP contribution in [0.4, 0.5) is 0 Å². The number of halogens is 2. The van der Waals surface area contributed by atoms with Crippen LogP contribution >= 0.6 is 27.5 Å². The lowest BCUT2D eigenvalue weighted by Gasteiger charge is -2.05. The van der Waals surface area contributed by atoms with E-state index in [1.165, 1.54) is 19.2 Å². The molecule has 0 saturated heterocycles. The van der Waals surface area contributed by atoms with Gasteiger partial charge >= 0.3 is 0 Å². The van der Waals surface area contributed by atoms with Crippen molar-refractivity contribution in [1.29, 1.82) is 0 Å². The highest BCUT2D eigenvalue weighted by Gasteiger charge is 2.22. The number of benzene rings is 1. The minimum atomic E-state index is 0.646. The van der Waals surface area contributed by atoms with Gasteiger partial charge in [0.15, 0.2) is 12.2 Å². The molecule has 18 heavy (non-hydrogen) atoms. The second-order valence-electron chi connectivity index (χ2n) is 4.38. The Hall–Kier alpha value is -0.840. The molecular formula is C13H12BrClN2O. The first-order valence-corrected chi connectivity index (χ1v) is 7.03. The molecule has 3 rings (SSSR count). The molecule has 1 aromatic heterocycles. The Balaban J connectivity index is 1.90. The maximum Gasteiger partial charge on any atom is 0.181 e. The summed E-state index contributed by atoms with van der Waals surface area (Å²) in [6.07, 6.45) is 3.98. The van der Waals surface area contributed by atoms with Gasteiger partial charge in [0.05, 0.1) is 5.02 Å². The summed E-state index contributed by atoms with van der Waals surface area (Å²) in [5.41, 5.74) is 1.78. The van der Waals surface area contributed by atoms with Gasteiger partial charge in [-0.2, -0.15) is 0 Å². The van der Waals surface area contributed by atoms with Crippen LogP contribution in [0.1, 0.15) is 18.5 Å². The first kappa shape index (κ1) is 12.2. The minimum absolute atomic E-state index is 0.646. The fraction of sp³-hybridized carbons (Fsp3) is 0.308. The highest BCUT2D eigenvalue weighted by molar-refractivity contribution is 9.10. The summed E-state index contributed by atoms with van der Waals surface area (Å²) >= 11 is 9.70. The van der Waals surface area contributed by atoms with E-state index in [1.54, 1.807) is 0 Å². The molecule has 1 aliphatic rings. The number of aromatic nitrogens is 1. The van der Waals surface area contributed by atoms with Gasteiger partial charge in [0.25, 0.3) is 0 Å². The van der Waals surface area contributed by atoms with E-state index < -0.39 is 0 Å². The number of nitrogens with one attached hydrogen (secondary N) is 1. The normalized spacial score (nSPS) is 15.0. The van der Waals surface area contributed by atoms with E-state index in [0.29, 0.717) is 11.1 Å². The van der Waals surface area contributed by atoms with Crippen LogP contribution in [0.25, 0.3) is 11.3 Å². The van der Waals surface area contributed by atoms with Crippen LogP contribution in [-0.4, -0.2) is 11.0 Å². The van der Waals surface area contributed by atoms with Gasteiger partial charge in [0, 0.05) is 22.6 Å². The maximum absolute atomic E-state index is 6.28. The molecule has 1 heterocycles. The van der Waals surface area contributed by atoms with Gasteiger partial charge in [-0.05, 0) is 40.9 Å². The van der Waals surface area contributed by atoms with Gasteiger partial charge in [0.2, 0.25) is 0 Å². The van der Waals surface area contributed by atoms with Crippen LogP contribution in [0, 0.1) is 0 Å². The lowest BCUT2D eigenvalue weighted by Crippen LogP contribution is -2.16. The predicted molar refractivity (Wildman–Crippen MR) is 74.5 cm³/mol. The van der Waals surface area contributed by atoms with Crippen molar-refractivity contribution >= 4 is 27.5 Å². The van der Waals surface area contributed by atoms with Crippen molar-refractivity contribution in [2.75, 3.05) is 0 Å². The summed E-state index contributed by atoms with van der Waals surface area (Å²) in [4.78, 5) is 4.26. The standard InChI is InChI=1S/C13H12BrClN2O/c14-10-3-1-2-9(12(10)15)13-11(17-7-18-13)6-16-8-4-5-8/h1-3,7-8,16H,4-6H2. The Morgan fingerprint density at radius 2 is 2.28 bits per heavy atom. The van der Waals surface area contributed by atoms with Crippen molar-refractivity contribution in [2.24, 2.45) is 0 Å². The van der Waals surface area contributed by atoms with E-state index in [4.69, 9.17) is 16.0 Å². The van der Waals surface area contributed by atoms with Crippen molar-refractivity contribution in [3.05, 3.63) is 39.8 Å². The second kappa shape index (κ2) is 5.03. The molecule has 0 amide bonds. The topological polar surface area (TPSA) is 38.1 Å². The SMILES string of the molecule is Clc1c(Br)cccc1-c1ocnc1CNC1CC1. The van der Waals surface area contributed by atoms with Crippen LogP contribution in [-0.2, 0) is 6.54 Å². The zero-order chi connectivity index (χ0) is 12.5. The summed E-state index contributed by atoms with van der Waals surface area (Å²) in [6.45, 7) is 0.722. The fourth-order valence-corrected chi connectivity index (χ4v) is 2.40. The van der Waals surface area contributed by atoms with Gasteiger partial charge in [-0.25, -0.2) is 4.98 Å². The molecule has 1 aromatic carbocycles. The third-order valence-corrected chi connectivity index (χ3v) is 4.27. The lowest BCUT2D eigenvalue weighted by molar-refractivity contribution is 0.569. The van der Waals surface area contributed by atoms with Crippen molar-refractivity contribution in [3.63, 3.8) is 0 Å². The molecule has 0 bridgehead atoms. The minimum Gasteiger partial charge on any atom is -0.443 e. The van der Waals surface area contributed by atoms with Gasteiger partial charge in [-0.1, -0.05) is 17.7 Å². The Kier molecular flexibility index (Phi) is 3.41. The molecule has 1 fully saturated rings. The number of hydrogen-bond acceptors (Lipinski definition) is 3. The largest absolute Gasteiger partial charge is 0.443 e. The van der Waals surface area contributed by atoms with Crippen molar-refractivity contribution in [1.82, 2.24) is 10.3 Å². The Bertz CT molecular complexity index is 566. The molecule has 94 valence electrons. The molecule has 0 aliphatic heterocycles. The average molecular weight is 328 g/mol. The van der Waals surface area contributed by atoms with Crippen LogP contribution in [0.2, 0.25) is 5.02 Å². The van der Waals surface area contributed by atoms with Gasteiger partial charge in [0.1, 0.15) is 5.69 Å². The molecule has 0 atom stereocenters. The number of hydrogen-bond donors (Lipinski definition) is 1. The molecule has 1 saturated carbocycles. The maximum atomic E-state index is 6.28. The Labute approximate surface area is 119 Å². The molecule has 0 spiro atoms. The van der Waals surface area contributed by atoms with E-state index >= 15 is 0 Å². The monoisotopic (exact) mass is 326 g/mol. The van der Waals surface area contributed by atoms with Crippen LogP contribution in [0.5, 0.6) is 0 Å². The van der Waals surface area contributed by atoms with E-state index in [-0.39, 0.29) is 0 Å². The fourth-order valence-electron chi connectivity index (χ4n) is 1.82. The molecular weight excluding hydrogens is 316 g/mol. The smallest absolute Gasteiger partial charge is 0.181 e. The summed E-state index contributed by atoms with van der Waals surface area (Å²) < 4.78 is 6.34. The summed E-state index contributed by atoms with van der Waals surface area (Å²) in [5, 5.41) is 4.08. The molecule has 5 heteroatoms. The Morgan fingerprint density at radius 3 is 3.06 bits per heavy atom. The summed E-state index contributed by atoms with van der Waals surface area (Å²) in [6, 6.07) is 6.43. The van der Waals surface area contributed by atoms with Crippen LogP contribution in [0.3, 0.4) is 0 Å². The quantitative estimate of drug-likeness (QED) is 0.922. The third-order valence-electron chi connectivity index (χ3n) is 2.97. The predicted octanol–water partition coefficient (Wildman–Crippen LogP) is 4.01. The van der Waals surface area contributed by atoms with E-state index in [9.17, 15) is 0 Å². The molecule has 0 unspecified atom stereocenters. The van der Waals surface area contributed by atoms with Crippen molar-refractivity contribution in [2.45, 2.75) is 25.4 Å². The molecule has 1 N–H and O–H groups in total. The zero-order valence-electron chi connectivity index (χ0n) is 9.62. The first-order chi connectivity index (χ1) is 8.75. The number of rotatable bonds is 4. The molecule has 1 aliphatic carbocycles. The number of nitrogens with zero attached hydrogens (tertiary/aromatic N) is 1. The molecule has 3 nitrogen and oxygen atoms in total. The summed E-state index contributed by atoms with van der Waals surface area (Å²) in [7, 11) is 0. The van der Waals surface area contributed by atoms with Gasteiger partial charge in [-0.15, -0.1) is 0 Å². The lowest BCUT2D eigenvalue weighted by atomic mass is 10.1. The van der Waals surface area contributed by atoms with E-state index in [0.717, 1.165) is 28.0 Å². The van der Waals surface area contributed by atoms with Crippen molar-refractivity contribution < 1.29 is 4.42 Å². The van der Waals surface area contributed by atoms with E-state index in [2.05, 4.69) is 26.2 Å². The van der Waals surface area contributed by atoms with Gasteiger partial charge in [-0.3, -0.25) is 0 Å². The zero-order valence-corrected chi connectivity index (χ0v) is 12.0. The molecule has 2 aromatic rings. The summed E-state index contributed by atoms with van der Waals surface area (Å²) in [5.74, 6) is 0.745.